The summed E-state index contributed by atoms with van der Waals surface area (Å²) in [6.45, 7) is 10.3. The van der Waals surface area contributed by atoms with Gasteiger partial charge in [0.2, 0.25) is 0 Å². The molecular formula is C19H21F2P. The lowest BCUT2D eigenvalue weighted by molar-refractivity contribution is 0.533. The molecule has 0 fully saturated rings. The lowest BCUT2D eigenvalue weighted by Gasteiger charge is -2.21. The van der Waals surface area contributed by atoms with Crippen LogP contribution in [-0.4, -0.2) is 6.66 Å². The molecule has 3 heteroatoms. The van der Waals surface area contributed by atoms with Crippen molar-refractivity contribution in [1.29, 1.82) is 0 Å². The molecule has 0 aliphatic carbocycles. The topological polar surface area (TPSA) is 0 Å². The third-order valence-corrected chi connectivity index (χ3v) is 6.34. The Morgan fingerprint density at radius 3 is 2.27 bits per heavy atom. The van der Waals surface area contributed by atoms with Gasteiger partial charge in [0.15, 0.2) is 0 Å². The van der Waals surface area contributed by atoms with Crippen molar-refractivity contribution in [3.8, 4) is 0 Å². The summed E-state index contributed by atoms with van der Waals surface area (Å²) in [5, 5.41) is 2.34. The van der Waals surface area contributed by atoms with E-state index in [4.69, 9.17) is 0 Å². The highest BCUT2D eigenvalue weighted by atomic mass is 31.1. The van der Waals surface area contributed by atoms with E-state index in [1.54, 1.807) is 0 Å². The van der Waals surface area contributed by atoms with Crippen molar-refractivity contribution in [1.82, 2.24) is 0 Å². The molecule has 0 saturated heterocycles. The SMILES string of the molecule is C=C(CC(C)c1c(F)cccc1F)P(C)c1ccccc1C. The highest BCUT2D eigenvalue weighted by Gasteiger charge is 2.19. The molecule has 0 aromatic heterocycles. The summed E-state index contributed by atoms with van der Waals surface area (Å²) < 4.78 is 27.8. The van der Waals surface area contributed by atoms with Crippen molar-refractivity contribution in [3.63, 3.8) is 0 Å². The summed E-state index contributed by atoms with van der Waals surface area (Å²) >= 11 is 0. The van der Waals surface area contributed by atoms with Crippen LogP contribution in [0.3, 0.4) is 0 Å². The molecule has 0 nitrogen and oxygen atoms in total. The zero-order valence-corrected chi connectivity index (χ0v) is 14.1. The molecule has 0 spiro atoms. The van der Waals surface area contributed by atoms with Gasteiger partial charge in [-0.1, -0.05) is 51.8 Å². The zero-order chi connectivity index (χ0) is 16.3. The fraction of sp³-hybridized carbons (Fsp3) is 0.263. The third kappa shape index (κ3) is 3.62. The van der Waals surface area contributed by atoms with Crippen LogP contribution in [0.25, 0.3) is 0 Å². The molecule has 0 bridgehead atoms. The second-order valence-corrected chi connectivity index (χ2v) is 7.88. The zero-order valence-electron chi connectivity index (χ0n) is 13.2. The normalized spacial score (nSPS) is 13.7. The standard InChI is InChI=1S/C19H21F2P/c1-13-8-5-6-11-18(13)22(4)15(3)12-14(2)19-16(20)9-7-10-17(19)21/h5-11,14H,3,12H2,1-2,4H3. The van der Waals surface area contributed by atoms with Crippen molar-refractivity contribution >= 4 is 13.2 Å². The van der Waals surface area contributed by atoms with Gasteiger partial charge in [0, 0.05) is 5.56 Å². The molecule has 0 N–H and O–H groups in total. The van der Waals surface area contributed by atoms with Gasteiger partial charge in [-0.05, 0) is 54.2 Å². The number of hydrogen-bond acceptors (Lipinski definition) is 0. The number of rotatable bonds is 5. The summed E-state index contributed by atoms with van der Waals surface area (Å²) in [6, 6.07) is 12.3. The second kappa shape index (κ2) is 7.15. The Morgan fingerprint density at radius 2 is 1.68 bits per heavy atom. The van der Waals surface area contributed by atoms with Gasteiger partial charge in [-0.15, -0.1) is 0 Å². The number of halogens is 2. The van der Waals surface area contributed by atoms with Crippen LogP contribution in [-0.2, 0) is 0 Å². The van der Waals surface area contributed by atoms with Crippen LogP contribution in [0, 0.1) is 18.6 Å². The summed E-state index contributed by atoms with van der Waals surface area (Å²) in [5.74, 6) is -1.17. The quantitative estimate of drug-likeness (QED) is 0.619. The van der Waals surface area contributed by atoms with Crippen molar-refractivity contribution in [2.45, 2.75) is 26.2 Å². The average molecular weight is 318 g/mol. The number of benzene rings is 2. The molecule has 116 valence electrons. The fourth-order valence-electron chi connectivity index (χ4n) is 2.68. The summed E-state index contributed by atoms with van der Waals surface area (Å²) in [4.78, 5) is 0. The van der Waals surface area contributed by atoms with E-state index in [9.17, 15) is 8.78 Å². The number of allylic oxidation sites excluding steroid dienone is 1. The van der Waals surface area contributed by atoms with Gasteiger partial charge in [0.25, 0.3) is 0 Å². The molecule has 0 aliphatic heterocycles. The molecule has 2 atom stereocenters. The molecule has 2 rings (SSSR count). The Hall–Kier alpha value is -1.53. The molecule has 2 aromatic rings. The van der Waals surface area contributed by atoms with Crippen LogP contribution >= 0.6 is 7.92 Å². The van der Waals surface area contributed by atoms with Crippen LogP contribution in [0.1, 0.15) is 30.4 Å². The van der Waals surface area contributed by atoms with Crippen molar-refractivity contribution in [3.05, 3.63) is 77.1 Å². The Morgan fingerprint density at radius 1 is 1.09 bits per heavy atom. The fourth-order valence-corrected chi connectivity index (χ4v) is 4.49. The van der Waals surface area contributed by atoms with E-state index >= 15 is 0 Å². The van der Waals surface area contributed by atoms with Crippen molar-refractivity contribution < 1.29 is 8.78 Å². The van der Waals surface area contributed by atoms with Crippen LogP contribution in [0.5, 0.6) is 0 Å². The van der Waals surface area contributed by atoms with E-state index in [1.807, 2.05) is 19.1 Å². The smallest absolute Gasteiger partial charge is 0.129 e. The van der Waals surface area contributed by atoms with Crippen LogP contribution in [0.15, 0.2) is 54.4 Å². The Bertz CT molecular complexity index is 659. The van der Waals surface area contributed by atoms with E-state index < -0.39 is 19.6 Å². The lowest BCUT2D eigenvalue weighted by atomic mass is 9.96. The van der Waals surface area contributed by atoms with E-state index in [-0.39, 0.29) is 11.5 Å². The molecule has 0 radical (unpaired) electrons. The van der Waals surface area contributed by atoms with Crippen molar-refractivity contribution in [2.24, 2.45) is 0 Å². The Balaban J connectivity index is 2.17. The van der Waals surface area contributed by atoms with Gasteiger partial charge < -0.3 is 0 Å². The highest BCUT2D eigenvalue weighted by Crippen LogP contribution is 2.44. The molecule has 0 aliphatic rings. The Labute approximate surface area is 132 Å². The monoisotopic (exact) mass is 318 g/mol. The molecule has 0 saturated carbocycles. The summed E-state index contributed by atoms with van der Waals surface area (Å²) in [7, 11) is -0.539. The minimum absolute atomic E-state index is 0.164. The first-order valence-electron chi connectivity index (χ1n) is 7.33. The minimum atomic E-state index is -0.539. The summed E-state index contributed by atoms with van der Waals surface area (Å²) in [6.07, 6.45) is 0.592. The maximum atomic E-state index is 13.9. The van der Waals surface area contributed by atoms with E-state index in [0.29, 0.717) is 6.42 Å². The van der Waals surface area contributed by atoms with Crippen LogP contribution in [0.4, 0.5) is 8.78 Å². The first kappa shape index (κ1) is 16.8. The van der Waals surface area contributed by atoms with Gasteiger partial charge in [0.05, 0.1) is 0 Å². The first-order valence-corrected chi connectivity index (χ1v) is 9.11. The van der Waals surface area contributed by atoms with Crippen LogP contribution < -0.4 is 5.30 Å². The molecule has 0 amide bonds. The third-order valence-electron chi connectivity index (χ3n) is 3.99. The van der Waals surface area contributed by atoms with Gasteiger partial charge in [-0.2, -0.15) is 0 Å². The minimum Gasteiger partial charge on any atom is -0.207 e. The van der Waals surface area contributed by atoms with Crippen LogP contribution in [0.2, 0.25) is 0 Å². The van der Waals surface area contributed by atoms with E-state index in [0.717, 1.165) is 5.31 Å². The molecule has 2 aromatic carbocycles. The van der Waals surface area contributed by atoms with E-state index in [2.05, 4.69) is 32.3 Å². The van der Waals surface area contributed by atoms with Gasteiger partial charge in [-0.25, -0.2) is 8.78 Å². The van der Waals surface area contributed by atoms with E-state index in [1.165, 1.54) is 29.1 Å². The van der Waals surface area contributed by atoms with Gasteiger partial charge in [0.1, 0.15) is 11.6 Å². The van der Waals surface area contributed by atoms with Crippen molar-refractivity contribution in [2.75, 3.05) is 6.66 Å². The van der Waals surface area contributed by atoms with Gasteiger partial charge >= 0.3 is 0 Å². The maximum absolute atomic E-state index is 13.9. The average Bonchev–Trinajstić information content (AvgIpc) is 2.46. The number of aryl methyl sites for hydroxylation is 1. The van der Waals surface area contributed by atoms with Gasteiger partial charge in [-0.3, -0.25) is 0 Å². The molecule has 22 heavy (non-hydrogen) atoms. The molecular weight excluding hydrogens is 297 g/mol. The molecule has 0 heterocycles. The first-order chi connectivity index (χ1) is 10.4. The predicted molar refractivity (Wildman–Crippen MR) is 92.2 cm³/mol. The summed E-state index contributed by atoms with van der Waals surface area (Å²) in [5.41, 5.74) is 1.40. The Kier molecular flexibility index (Phi) is 5.47. The lowest BCUT2D eigenvalue weighted by Crippen LogP contribution is -2.08. The second-order valence-electron chi connectivity index (χ2n) is 5.65. The predicted octanol–water partition coefficient (Wildman–Crippen LogP) is 5.72. The maximum Gasteiger partial charge on any atom is 0.129 e. The molecule has 2 unspecified atom stereocenters. The highest BCUT2D eigenvalue weighted by molar-refractivity contribution is 7.69. The largest absolute Gasteiger partial charge is 0.207 e. The number of hydrogen-bond donors (Lipinski definition) is 0.